The van der Waals surface area contributed by atoms with Gasteiger partial charge < -0.3 is 10.5 Å². The minimum Gasteiger partial charge on any atom is -0.462 e. The van der Waals surface area contributed by atoms with E-state index in [0.717, 1.165) is 5.56 Å². The van der Waals surface area contributed by atoms with Crippen molar-refractivity contribution in [2.24, 2.45) is 10.7 Å². The Bertz CT molecular complexity index is 606. The number of amidine groups is 1. The van der Waals surface area contributed by atoms with Crippen molar-refractivity contribution < 1.29 is 4.74 Å². The summed E-state index contributed by atoms with van der Waals surface area (Å²) >= 11 is 0. The van der Waals surface area contributed by atoms with Crippen molar-refractivity contribution in [3.63, 3.8) is 0 Å². The second-order valence-electron chi connectivity index (χ2n) is 4.57. The molecule has 3 rings (SSSR count). The molecule has 0 amide bonds. The molecule has 0 spiro atoms. The van der Waals surface area contributed by atoms with E-state index in [2.05, 4.69) is 35.3 Å². The Morgan fingerprint density at radius 2 is 1.94 bits per heavy atom. The van der Waals surface area contributed by atoms with Gasteiger partial charge in [-0.05, 0) is 29.3 Å². The average molecular weight is 226 g/mol. The molecule has 0 saturated heterocycles. The average Bonchev–Trinajstić information content (AvgIpc) is 2.70. The first-order valence-corrected chi connectivity index (χ1v) is 5.65. The molecule has 1 heterocycles. The van der Waals surface area contributed by atoms with Crippen LogP contribution in [0.5, 0.6) is 0 Å². The number of nitrogens with two attached hydrogens (primary N) is 1. The molecule has 3 heteroatoms. The molecule has 86 valence electrons. The largest absolute Gasteiger partial charge is 0.462 e. The third kappa shape index (κ3) is 1.64. The maximum Gasteiger partial charge on any atom is 0.283 e. The summed E-state index contributed by atoms with van der Waals surface area (Å²) in [5.74, 6) is 0. The van der Waals surface area contributed by atoms with Gasteiger partial charge in [-0.2, -0.15) is 0 Å². The highest BCUT2D eigenvalue weighted by Crippen LogP contribution is 2.31. The van der Waals surface area contributed by atoms with Crippen molar-refractivity contribution in [1.29, 1.82) is 0 Å². The molecular formula is C14H14N2O. The number of nitrogens with zero attached hydrogens (tertiary/aromatic N) is 1. The summed E-state index contributed by atoms with van der Waals surface area (Å²) in [5, 5.41) is 2.45. The molecular weight excluding hydrogens is 212 g/mol. The zero-order chi connectivity index (χ0) is 11.9. The van der Waals surface area contributed by atoms with Crippen LogP contribution in [-0.4, -0.2) is 12.6 Å². The van der Waals surface area contributed by atoms with Crippen molar-refractivity contribution in [3.8, 4) is 0 Å². The molecule has 2 aromatic rings. The van der Waals surface area contributed by atoms with Crippen LogP contribution in [0, 0.1) is 0 Å². The van der Waals surface area contributed by atoms with Crippen molar-refractivity contribution in [1.82, 2.24) is 0 Å². The van der Waals surface area contributed by atoms with Crippen molar-refractivity contribution in [2.75, 3.05) is 6.61 Å². The SMILES string of the molecule is CC1(c2ccc3ccccc3c2)COC(N)=N1. The molecule has 1 aliphatic heterocycles. The molecule has 2 aromatic carbocycles. The molecule has 1 aliphatic rings. The molecule has 0 aromatic heterocycles. The van der Waals surface area contributed by atoms with Gasteiger partial charge in [0.2, 0.25) is 0 Å². The normalized spacial score (nSPS) is 23.5. The molecule has 1 unspecified atom stereocenters. The molecule has 17 heavy (non-hydrogen) atoms. The third-order valence-corrected chi connectivity index (χ3v) is 3.23. The minimum atomic E-state index is -0.353. The zero-order valence-corrected chi connectivity index (χ0v) is 9.68. The van der Waals surface area contributed by atoms with Crippen LogP contribution in [-0.2, 0) is 10.3 Å². The van der Waals surface area contributed by atoms with Gasteiger partial charge in [-0.1, -0.05) is 36.4 Å². The van der Waals surface area contributed by atoms with Gasteiger partial charge in [-0.3, -0.25) is 0 Å². The summed E-state index contributed by atoms with van der Waals surface area (Å²) in [6, 6.07) is 14.9. The lowest BCUT2D eigenvalue weighted by Gasteiger charge is -2.19. The fraction of sp³-hybridized carbons (Fsp3) is 0.214. The van der Waals surface area contributed by atoms with Crippen LogP contribution in [0.3, 0.4) is 0 Å². The van der Waals surface area contributed by atoms with Gasteiger partial charge in [0, 0.05) is 0 Å². The quantitative estimate of drug-likeness (QED) is 0.811. The van der Waals surface area contributed by atoms with Gasteiger partial charge in [-0.15, -0.1) is 0 Å². The molecule has 3 nitrogen and oxygen atoms in total. The van der Waals surface area contributed by atoms with E-state index in [0.29, 0.717) is 6.61 Å². The Hall–Kier alpha value is -2.03. The van der Waals surface area contributed by atoms with E-state index < -0.39 is 0 Å². The third-order valence-electron chi connectivity index (χ3n) is 3.23. The number of rotatable bonds is 1. The van der Waals surface area contributed by atoms with Crippen LogP contribution < -0.4 is 5.73 Å². The molecule has 2 N–H and O–H groups in total. The van der Waals surface area contributed by atoms with E-state index in [1.807, 2.05) is 19.1 Å². The van der Waals surface area contributed by atoms with Gasteiger partial charge in [-0.25, -0.2) is 4.99 Å². The van der Waals surface area contributed by atoms with E-state index >= 15 is 0 Å². The van der Waals surface area contributed by atoms with E-state index in [1.54, 1.807) is 0 Å². The van der Waals surface area contributed by atoms with Gasteiger partial charge in [0.15, 0.2) is 0 Å². The summed E-state index contributed by atoms with van der Waals surface area (Å²) < 4.78 is 5.26. The van der Waals surface area contributed by atoms with Crippen LogP contribution in [0.4, 0.5) is 0 Å². The summed E-state index contributed by atoms with van der Waals surface area (Å²) in [7, 11) is 0. The van der Waals surface area contributed by atoms with Crippen molar-refractivity contribution >= 4 is 16.8 Å². The topological polar surface area (TPSA) is 47.6 Å². The fourth-order valence-corrected chi connectivity index (χ4v) is 2.19. The highest BCUT2D eigenvalue weighted by atomic mass is 16.5. The lowest BCUT2D eigenvalue weighted by atomic mass is 9.92. The fourth-order valence-electron chi connectivity index (χ4n) is 2.19. The summed E-state index contributed by atoms with van der Waals surface area (Å²) in [5.41, 5.74) is 6.37. The predicted octanol–water partition coefficient (Wildman–Crippen LogP) is 2.40. The molecule has 0 fully saturated rings. The molecule has 1 atom stereocenters. The molecule has 0 radical (unpaired) electrons. The van der Waals surface area contributed by atoms with E-state index in [4.69, 9.17) is 10.5 Å². The first-order chi connectivity index (χ1) is 8.17. The van der Waals surface area contributed by atoms with Crippen LogP contribution in [0.2, 0.25) is 0 Å². The summed E-state index contributed by atoms with van der Waals surface area (Å²) in [6.45, 7) is 2.55. The van der Waals surface area contributed by atoms with E-state index in [9.17, 15) is 0 Å². The van der Waals surface area contributed by atoms with Crippen LogP contribution in [0.15, 0.2) is 47.5 Å². The van der Waals surface area contributed by atoms with Gasteiger partial charge in [0.1, 0.15) is 12.1 Å². The van der Waals surface area contributed by atoms with Gasteiger partial charge in [0.05, 0.1) is 0 Å². The van der Waals surface area contributed by atoms with Crippen molar-refractivity contribution in [2.45, 2.75) is 12.5 Å². The number of ether oxygens (including phenoxy) is 1. The van der Waals surface area contributed by atoms with E-state index in [-0.39, 0.29) is 11.6 Å². The first kappa shape index (κ1) is 10.1. The Balaban J connectivity index is 2.12. The Morgan fingerprint density at radius 1 is 1.18 bits per heavy atom. The number of fused-ring (bicyclic) bond motifs is 1. The minimum absolute atomic E-state index is 0.278. The lowest BCUT2D eigenvalue weighted by molar-refractivity contribution is 0.266. The highest BCUT2D eigenvalue weighted by molar-refractivity contribution is 5.83. The Kier molecular flexibility index (Phi) is 2.08. The van der Waals surface area contributed by atoms with Crippen molar-refractivity contribution in [3.05, 3.63) is 48.0 Å². The standard InChI is InChI=1S/C14H14N2O/c1-14(9-17-13(15)16-14)12-7-6-10-4-2-3-5-11(10)8-12/h2-8H,9H2,1H3,(H2,15,16). The smallest absolute Gasteiger partial charge is 0.283 e. The maximum atomic E-state index is 5.59. The molecule has 0 aliphatic carbocycles. The van der Waals surface area contributed by atoms with Gasteiger partial charge in [0.25, 0.3) is 6.02 Å². The summed E-state index contributed by atoms with van der Waals surface area (Å²) in [4.78, 5) is 4.37. The van der Waals surface area contributed by atoms with Gasteiger partial charge >= 0.3 is 0 Å². The summed E-state index contributed by atoms with van der Waals surface area (Å²) in [6.07, 6.45) is 0. The molecule has 0 saturated carbocycles. The Labute approximate surface area is 99.9 Å². The van der Waals surface area contributed by atoms with E-state index in [1.165, 1.54) is 10.8 Å². The Morgan fingerprint density at radius 3 is 2.65 bits per heavy atom. The monoisotopic (exact) mass is 226 g/mol. The predicted molar refractivity (Wildman–Crippen MR) is 68.9 cm³/mol. The first-order valence-electron chi connectivity index (χ1n) is 5.65. The number of hydrogen-bond donors (Lipinski definition) is 1. The highest BCUT2D eigenvalue weighted by Gasteiger charge is 2.32. The second kappa shape index (κ2) is 3.48. The number of aliphatic imine (C=N–C) groups is 1. The number of benzene rings is 2. The maximum absolute atomic E-state index is 5.59. The van der Waals surface area contributed by atoms with Crippen LogP contribution in [0.1, 0.15) is 12.5 Å². The molecule has 0 bridgehead atoms. The number of hydrogen-bond acceptors (Lipinski definition) is 3. The van der Waals surface area contributed by atoms with Crippen LogP contribution in [0.25, 0.3) is 10.8 Å². The zero-order valence-electron chi connectivity index (χ0n) is 9.68. The second-order valence-corrected chi connectivity index (χ2v) is 4.57. The van der Waals surface area contributed by atoms with Crippen LogP contribution >= 0.6 is 0 Å². The lowest BCUT2D eigenvalue weighted by Crippen LogP contribution is -2.20.